The Morgan fingerprint density at radius 1 is 1.43 bits per heavy atom. The maximum Gasteiger partial charge on any atom is 0.328 e. The van der Waals surface area contributed by atoms with Gasteiger partial charge in [-0.3, -0.25) is 9.78 Å². The Labute approximate surface area is 123 Å². The SMILES string of the molecule is COCC(NC(=O)c1cncc(C=CC(=O)O)c1)C(C)C. The summed E-state index contributed by atoms with van der Waals surface area (Å²) in [4.78, 5) is 26.6. The van der Waals surface area contributed by atoms with Crippen molar-refractivity contribution in [1.82, 2.24) is 10.3 Å². The van der Waals surface area contributed by atoms with Crippen LogP contribution in [0, 0.1) is 5.92 Å². The number of carbonyl (C=O) groups excluding carboxylic acids is 1. The quantitative estimate of drug-likeness (QED) is 0.745. The zero-order chi connectivity index (χ0) is 15.8. The van der Waals surface area contributed by atoms with Crippen molar-refractivity contribution < 1.29 is 19.4 Å². The second-order valence-corrected chi connectivity index (χ2v) is 4.96. The zero-order valence-corrected chi connectivity index (χ0v) is 12.4. The fraction of sp³-hybridized carbons (Fsp3) is 0.400. The number of carboxylic acid groups (broad SMARTS) is 1. The van der Waals surface area contributed by atoms with E-state index in [9.17, 15) is 9.59 Å². The molecule has 114 valence electrons. The van der Waals surface area contributed by atoms with Crippen molar-refractivity contribution in [2.45, 2.75) is 19.9 Å². The minimum Gasteiger partial charge on any atom is -0.478 e. The number of pyridine rings is 1. The maximum absolute atomic E-state index is 12.2. The molecule has 0 spiro atoms. The van der Waals surface area contributed by atoms with Crippen molar-refractivity contribution in [3.63, 3.8) is 0 Å². The summed E-state index contributed by atoms with van der Waals surface area (Å²) >= 11 is 0. The van der Waals surface area contributed by atoms with Gasteiger partial charge in [0.2, 0.25) is 0 Å². The number of carbonyl (C=O) groups is 2. The molecule has 0 saturated heterocycles. The molecule has 0 bridgehead atoms. The first-order valence-corrected chi connectivity index (χ1v) is 6.60. The first kappa shape index (κ1) is 16.8. The summed E-state index contributed by atoms with van der Waals surface area (Å²) < 4.78 is 5.08. The van der Waals surface area contributed by atoms with Crippen LogP contribution in [-0.2, 0) is 9.53 Å². The second kappa shape index (κ2) is 8.16. The van der Waals surface area contributed by atoms with Gasteiger partial charge in [0, 0.05) is 25.6 Å². The summed E-state index contributed by atoms with van der Waals surface area (Å²) in [5.41, 5.74) is 0.933. The zero-order valence-electron chi connectivity index (χ0n) is 12.4. The Morgan fingerprint density at radius 2 is 2.14 bits per heavy atom. The summed E-state index contributed by atoms with van der Waals surface area (Å²) in [7, 11) is 1.58. The van der Waals surface area contributed by atoms with Gasteiger partial charge in [0.15, 0.2) is 0 Å². The van der Waals surface area contributed by atoms with Gasteiger partial charge in [0.25, 0.3) is 5.91 Å². The highest BCUT2D eigenvalue weighted by molar-refractivity contribution is 5.95. The molecular formula is C15H20N2O4. The molecule has 0 fully saturated rings. The number of hydrogen-bond donors (Lipinski definition) is 2. The van der Waals surface area contributed by atoms with E-state index in [1.807, 2.05) is 13.8 Å². The highest BCUT2D eigenvalue weighted by Gasteiger charge is 2.17. The number of amides is 1. The Morgan fingerprint density at radius 3 is 2.71 bits per heavy atom. The summed E-state index contributed by atoms with van der Waals surface area (Å²) in [5, 5.41) is 11.5. The van der Waals surface area contributed by atoms with E-state index in [1.54, 1.807) is 13.2 Å². The van der Waals surface area contributed by atoms with Crippen LogP contribution in [0.4, 0.5) is 0 Å². The van der Waals surface area contributed by atoms with Crippen LogP contribution in [0.3, 0.4) is 0 Å². The molecule has 1 aromatic heterocycles. The molecule has 2 N–H and O–H groups in total. The predicted octanol–water partition coefficient (Wildman–Crippen LogP) is 1.58. The number of nitrogens with zero attached hydrogens (tertiary/aromatic N) is 1. The third-order valence-corrected chi connectivity index (χ3v) is 2.91. The van der Waals surface area contributed by atoms with Gasteiger partial charge in [-0.25, -0.2) is 4.79 Å². The smallest absolute Gasteiger partial charge is 0.328 e. The van der Waals surface area contributed by atoms with Gasteiger partial charge in [-0.1, -0.05) is 13.8 Å². The largest absolute Gasteiger partial charge is 0.478 e. The Hall–Kier alpha value is -2.21. The molecule has 0 aliphatic carbocycles. The first-order valence-electron chi connectivity index (χ1n) is 6.60. The number of carboxylic acids is 1. The lowest BCUT2D eigenvalue weighted by Crippen LogP contribution is -2.41. The van der Waals surface area contributed by atoms with E-state index in [0.717, 1.165) is 6.08 Å². The summed E-state index contributed by atoms with van der Waals surface area (Å²) in [6.45, 7) is 4.41. The minimum atomic E-state index is -1.05. The summed E-state index contributed by atoms with van der Waals surface area (Å²) in [6, 6.07) is 1.49. The molecule has 1 heterocycles. The van der Waals surface area contributed by atoms with Crippen molar-refractivity contribution in [3.05, 3.63) is 35.7 Å². The molecular weight excluding hydrogens is 272 g/mol. The van der Waals surface area contributed by atoms with Crippen LogP contribution in [0.25, 0.3) is 6.08 Å². The number of ether oxygens (including phenoxy) is 1. The highest BCUT2D eigenvalue weighted by Crippen LogP contribution is 2.08. The third kappa shape index (κ3) is 5.74. The first-order chi connectivity index (χ1) is 9.93. The normalized spacial score (nSPS) is 12.6. The molecule has 6 nitrogen and oxygen atoms in total. The van der Waals surface area contributed by atoms with Crippen LogP contribution >= 0.6 is 0 Å². The van der Waals surface area contributed by atoms with Crippen LogP contribution in [0.1, 0.15) is 29.8 Å². The van der Waals surface area contributed by atoms with Gasteiger partial charge < -0.3 is 15.2 Å². The van der Waals surface area contributed by atoms with E-state index in [-0.39, 0.29) is 17.9 Å². The molecule has 1 atom stereocenters. The van der Waals surface area contributed by atoms with E-state index in [1.165, 1.54) is 18.5 Å². The Bertz CT molecular complexity index is 526. The molecule has 1 amide bonds. The number of nitrogens with one attached hydrogen (secondary N) is 1. The van der Waals surface area contributed by atoms with Crippen molar-refractivity contribution in [2.75, 3.05) is 13.7 Å². The molecule has 21 heavy (non-hydrogen) atoms. The van der Waals surface area contributed by atoms with Gasteiger partial charge in [0.1, 0.15) is 0 Å². The van der Waals surface area contributed by atoms with Crippen LogP contribution in [-0.4, -0.2) is 41.7 Å². The lowest BCUT2D eigenvalue weighted by Gasteiger charge is -2.21. The van der Waals surface area contributed by atoms with Gasteiger partial charge >= 0.3 is 5.97 Å². The number of rotatable bonds is 7. The standard InChI is InChI=1S/C15H20N2O4/c1-10(2)13(9-21-3)17-15(20)12-6-11(7-16-8-12)4-5-14(18)19/h4-8,10,13H,9H2,1-3H3,(H,17,20)(H,18,19). The van der Waals surface area contributed by atoms with E-state index in [4.69, 9.17) is 9.84 Å². The van der Waals surface area contributed by atoms with Gasteiger partial charge in [0.05, 0.1) is 18.2 Å². The van der Waals surface area contributed by atoms with Gasteiger partial charge in [-0.05, 0) is 23.6 Å². The lowest BCUT2D eigenvalue weighted by atomic mass is 10.0. The van der Waals surface area contributed by atoms with Crippen molar-refractivity contribution >= 4 is 18.0 Å². The summed E-state index contributed by atoms with van der Waals surface area (Å²) in [5.74, 6) is -1.08. The fourth-order valence-corrected chi connectivity index (χ4v) is 1.67. The van der Waals surface area contributed by atoms with Crippen LogP contribution in [0.2, 0.25) is 0 Å². The van der Waals surface area contributed by atoms with E-state index < -0.39 is 5.97 Å². The number of methoxy groups -OCH3 is 1. The highest BCUT2D eigenvalue weighted by atomic mass is 16.5. The fourth-order valence-electron chi connectivity index (χ4n) is 1.67. The van der Waals surface area contributed by atoms with E-state index in [2.05, 4.69) is 10.3 Å². The van der Waals surface area contributed by atoms with Gasteiger partial charge in [-0.2, -0.15) is 0 Å². The molecule has 0 aliphatic heterocycles. The topological polar surface area (TPSA) is 88.5 Å². The molecule has 0 radical (unpaired) electrons. The van der Waals surface area contributed by atoms with E-state index >= 15 is 0 Å². The van der Waals surface area contributed by atoms with Crippen LogP contribution in [0.5, 0.6) is 0 Å². The third-order valence-electron chi connectivity index (χ3n) is 2.91. The molecule has 0 saturated carbocycles. The number of aliphatic carboxylic acids is 1. The molecule has 1 aromatic rings. The van der Waals surface area contributed by atoms with Crippen molar-refractivity contribution in [3.8, 4) is 0 Å². The minimum absolute atomic E-state index is 0.0966. The van der Waals surface area contributed by atoms with Crippen molar-refractivity contribution in [2.24, 2.45) is 5.92 Å². The predicted molar refractivity (Wildman–Crippen MR) is 78.9 cm³/mol. The van der Waals surface area contributed by atoms with Crippen molar-refractivity contribution in [1.29, 1.82) is 0 Å². The Balaban J connectivity index is 2.82. The van der Waals surface area contributed by atoms with Crippen LogP contribution < -0.4 is 5.32 Å². The van der Waals surface area contributed by atoms with Crippen LogP contribution in [0.15, 0.2) is 24.5 Å². The Kier molecular flexibility index (Phi) is 6.55. The molecule has 0 aliphatic rings. The monoisotopic (exact) mass is 292 g/mol. The lowest BCUT2D eigenvalue weighted by molar-refractivity contribution is -0.131. The maximum atomic E-state index is 12.2. The molecule has 1 rings (SSSR count). The summed E-state index contributed by atoms with van der Waals surface area (Å²) in [6.07, 6.45) is 5.32. The number of aromatic nitrogens is 1. The number of hydrogen-bond acceptors (Lipinski definition) is 4. The average molecular weight is 292 g/mol. The molecule has 1 unspecified atom stereocenters. The van der Waals surface area contributed by atoms with E-state index in [0.29, 0.717) is 17.7 Å². The second-order valence-electron chi connectivity index (χ2n) is 4.96. The molecule has 0 aromatic carbocycles. The molecule has 6 heteroatoms. The van der Waals surface area contributed by atoms with Gasteiger partial charge in [-0.15, -0.1) is 0 Å². The average Bonchev–Trinajstić information content (AvgIpc) is 2.44.